The summed E-state index contributed by atoms with van der Waals surface area (Å²) in [6, 6.07) is 13.7. The van der Waals surface area contributed by atoms with Crippen LogP contribution in [0, 0.1) is 17.3 Å². The van der Waals surface area contributed by atoms with E-state index in [9.17, 15) is 0 Å². The van der Waals surface area contributed by atoms with Gasteiger partial charge in [-0.05, 0) is 66.7 Å². The highest BCUT2D eigenvalue weighted by molar-refractivity contribution is 5.75. The van der Waals surface area contributed by atoms with Gasteiger partial charge in [0.15, 0.2) is 5.69 Å². The molecule has 1 nitrogen and oxygen atoms in total. The molecule has 174 valence electrons. The molecule has 1 heteroatoms. The second-order valence-electron chi connectivity index (χ2n) is 10.1. The summed E-state index contributed by atoms with van der Waals surface area (Å²) in [7, 11) is 0. The summed E-state index contributed by atoms with van der Waals surface area (Å²) < 4.78 is 2.58. The van der Waals surface area contributed by atoms with E-state index in [-0.39, 0.29) is 0 Å². The first-order valence-corrected chi connectivity index (χ1v) is 13.3. The average molecular weight is 433 g/mol. The van der Waals surface area contributed by atoms with Crippen LogP contribution in [0.25, 0.3) is 10.9 Å². The fourth-order valence-corrected chi connectivity index (χ4v) is 5.99. The Kier molecular flexibility index (Phi) is 8.37. The van der Waals surface area contributed by atoms with Crippen LogP contribution in [0.3, 0.4) is 0 Å². The highest BCUT2D eigenvalue weighted by Crippen LogP contribution is 2.49. The van der Waals surface area contributed by atoms with Gasteiger partial charge >= 0.3 is 0 Å². The number of fused-ring (bicyclic) bond motifs is 1. The summed E-state index contributed by atoms with van der Waals surface area (Å²) in [6.45, 7) is 17.7. The summed E-state index contributed by atoms with van der Waals surface area (Å²) in [5, 5.41) is 1.34. The van der Waals surface area contributed by atoms with E-state index in [1.807, 2.05) is 0 Å². The largest absolute Gasteiger partial charge is 0.212 e. The third-order valence-electron chi connectivity index (χ3n) is 8.49. The predicted molar refractivity (Wildman–Crippen MR) is 140 cm³/mol. The van der Waals surface area contributed by atoms with Gasteiger partial charge in [0, 0.05) is 17.5 Å². The zero-order valence-electron chi connectivity index (χ0n) is 21.7. The fraction of sp³-hybridized carbons (Fsp3) is 0.581. The lowest BCUT2D eigenvalue weighted by atomic mass is 9.62. The number of benzene rings is 1. The molecule has 3 rings (SSSR count). The molecule has 1 aliphatic rings. The average Bonchev–Trinajstić information content (AvgIpc) is 2.84. The molecule has 0 saturated heterocycles. The lowest BCUT2D eigenvalue weighted by Gasteiger charge is -2.42. The number of nitrogens with zero attached hydrogens (tertiary/aromatic N) is 1. The van der Waals surface area contributed by atoms with E-state index in [2.05, 4.69) is 102 Å². The van der Waals surface area contributed by atoms with Crippen LogP contribution in [0.1, 0.15) is 98.6 Å². The number of hydrogen-bond donors (Lipinski definition) is 0. The van der Waals surface area contributed by atoms with Gasteiger partial charge in [-0.1, -0.05) is 85.1 Å². The number of para-hydroxylation sites is 1. The third-order valence-corrected chi connectivity index (χ3v) is 8.49. The second-order valence-corrected chi connectivity index (χ2v) is 10.1. The smallest absolute Gasteiger partial charge is 0.195 e. The third kappa shape index (κ3) is 4.59. The van der Waals surface area contributed by atoms with Crippen molar-refractivity contribution >= 4 is 10.9 Å². The number of aromatic nitrogens is 1. The topological polar surface area (TPSA) is 3.88 Å². The molecule has 0 N–H and O–H groups in total. The standard InChI is InChI=1S/C31H46N/c1-8-16-25-21-28(31(7,11-4)12-5)27(22-26(25)23(9-2)10-3)30-20-19-24-17-14-15-18-29(24)32(30)13-6/h14-15,17-23,27-28H,8-13,16H2,1-7H3/q+1. The molecule has 2 atom stereocenters. The van der Waals surface area contributed by atoms with Crippen LogP contribution in [0.5, 0.6) is 0 Å². The van der Waals surface area contributed by atoms with Crippen LogP contribution < -0.4 is 4.57 Å². The Morgan fingerprint density at radius 1 is 0.875 bits per heavy atom. The first-order valence-electron chi connectivity index (χ1n) is 13.3. The van der Waals surface area contributed by atoms with Crippen molar-refractivity contribution in [3.8, 4) is 0 Å². The minimum atomic E-state index is 0.302. The summed E-state index contributed by atoms with van der Waals surface area (Å²) in [6.07, 6.45) is 12.8. The van der Waals surface area contributed by atoms with E-state index in [0.29, 0.717) is 23.2 Å². The molecule has 0 radical (unpaired) electrons. The molecule has 0 amide bonds. The first-order chi connectivity index (χ1) is 15.5. The summed E-state index contributed by atoms with van der Waals surface area (Å²) >= 11 is 0. The Hall–Kier alpha value is -1.89. The van der Waals surface area contributed by atoms with Crippen molar-refractivity contribution in [3.05, 3.63) is 65.4 Å². The van der Waals surface area contributed by atoms with Gasteiger partial charge in [-0.25, -0.2) is 0 Å². The van der Waals surface area contributed by atoms with E-state index < -0.39 is 0 Å². The van der Waals surface area contributed by atoms with Gasteiger partial charge in [0.05, 0.1) is 5.92 Å². The molecule has 1 aromatic heterocycles. The van der Waals surface area contributed by atoms with Crippen LogP contribution in [0.2, 0.25) is 0 Å². The van der Waals surface area contributed by atoms with E-state index in [1.165, 1.54) is 55.1 Å². The highest BCUT2D eigenvalue weighted by Gasteiger charge is 2.41. The maximum absolute atomic E-state index is 2.73. The van der Waals surface area contributed by atoms with Gasteiger partial charge in [0.2, 0.25) is 5.52 Å². The van der Waals surface area contributed by atoms with Crippen molar-refractivity contribution in [2.75, 3.05) is 0 Å². The Morgan fingerprint density at radius 2 is 1.56 bits per heavy atom. The lowest BCUT2D eigenvalue weighted by Crippen LogP contribution is -2.43. The van der Waals surface area contributed by atoms with Gasteiger partial charge in [0.25, 0.3) is 0 Å². The Bertz CT molecular complexity index is 956. The second kappa shape index (κ2) is 10.8. The van der Waals surface area contributed by atoms with Gasteiger partial charge in [-0.2, -0.15) is 4.57 Å². The Balaban J connectivity index is 2.27. The molecule has 1 heterocycles. The fourth-order valence-electron chi connectivity index (χ4n) is 5.99. The predicted octanol–water partition coefficient (Wildman–Crippen LogP) is 8.78. The first kappa shape index (κ1) is 24.7. The van der Waals surface area contributed by atoms with Crippen LogP contribution in [-0.4, -0.2) is 0 Å². The van der Waals surface area contributed by atoms with E-state index in [1.54, 1.807) is 11.1 Å². The molecule has 0 fully saturated rings. The van der Waals surface area contributed by atoms with Gasteiger partial charge < -0.3 is 0 Å². The molecule has 2 aromatic rings. The van der Waals surface area contributed by atoms with Crippen molar-refractivity contribution in [1.29, 1.82) is 0 Å². The lowest BCUT2D eigenvalue weighted by molar-refractivity contribution is -0.676. The zero-order chi connectivity index (χ0) is 23.3. The summed E-state index contributed by atoms with van der Waals surface area (Å²) in [4.78, 5) is 0. The van der Waals surface area contributed by atoms with Gasteiger partial charge in [-0.15, -0.1) is 0 Å². The normalized spacial score (nSPS) is 19.4. The van der Waals surface area contributed by atoms with Crippen LogP contribution in [0.4, 0.5) is 0 Å². The van der Waals surface area contributed by atoms with E-state index in [0.717, 1.165) is 6.54 Å². The number of hydrogen-bond acceptors (Lipinski definition) is 0. The van der Waals surface area contributed by atoms with Gasteiger partial charge in [0.1, 0.15) is 6.54 Å². The van der Waals surface area contributed by atoms with Crippen molar-refractivity contribution in [2.24, 2.45) is 17.3 Å². The maximum atomic E-state index is 2.73. The molecule has 0 aliphatic heterocycles. The molecule has 0 bridgehead atoms. The molecule has 0 saturated carbocycles. The van der Waals surface area contributed by atoms with Crippen molar-refractivity contribution in [2.45, 2.75) is 99.5 Å². The molecule has 1 aromatic carbocycles. The zero-order valence-corrected chi connectivity index (χ0v) is 21.7. The minimum absolute atomic E-state index is 0.302. The SMILES string of the molecule is CCCC1=CC(C(C)(CC)CC)C(c2ccc3ccccc3[n+]2CC)C=C1C(CC)CC. The monoisotopic (exact) mass is 432 g/mol. The number of pyridine rings is 1. The van der Waals surface area contributed by atoms with E-state index >= 15 is 0 Å². The molecular formula is C31H46N+. The number of aryl methyl sites for hydroxylation is 1. The Morgan fingerprint density at radius 3 is 2.16 bits per heavy atom. The Labute approximate surface area is 197 Å². The quantitative estimate of drug-likeness (QED) is 0.330. The molecular weight excluding hydrogens is 386 g/mol. The molecule has 0 spiro atoms. The van der Waals surface area contributed by atoms with Crippen LogP contribution >= 0.6 is 0 Å². The van der Waals surface area contributed by atoms with Crippen LogP contribution in [0.15, 0.2) is 59.7 Å². The van der Waals surface area contributed by atoms with Crippen molar-refractivity contribution in [1.82, 2.24) is 0 Å². The highest BCUT2D eigenvalue weighted by atomic mass is 15.0. The minimum Gasteiger partial charge on any atom is -0.195 e. The molecule has 2 unspecified atom stereocenters. The van der Waals surface area contributed by atoms with Gasteiger partial charge in [-0.3, -0.25) is 0 Å². The number of allylic oxidation sites excluding steroid dienone is 4. The summed E-state index contributed by atoms with van der Waals surface area (Å²) in [5.41, 5.74) is 6.43. The van der Waals surface area contributed by atoms with E-state index in [4.69, 9.17) is 0 Å². The molecule has 1 aliphatic carbocycles. The maximum Gasteiger partial charge on any atom is 0.212 e. The van der Waals surface area contributed by atoms with Crippen LogP contribution in [-0.2, 0) is 6.54 Å². The van der Waals surface area contributed by atoms with Crippen molar-refractivity contribution < 1.29 is 4.57 Å². The molecule has 32 heavy (non-hydrogen) atoms. The van der Waals surface area contributed by atoms with Crippen molar-refractivity contribution in [3.63, 3.8) is 0 Å². The number of rotatable bonds is 10. The summed E-state index contributed by atoms with van der Waals surface area (Å²) in [5.74, 6) is 1.64.